The molecule has 7 nitrogen and oxygen atoms in total. The van der Waals surface area contributed by atoms with Crippen LogP contribution in [0.5, 0.6) is 11.5 Å². The summed E-state index contributed by atoms with van der Waals surface area (Å²) >= 11 is 0. The SMILES string of the molecule is COc1ccc(OC)c(N([C@@H](C)C(=O)N[C@@H](C)C(C)C)S(C)(=O)=O)c1. The van der Waals surface area contributed by atoms with Crippen LogP contribution in [0.25, 0.3) is 0 Å². The number of nitrogens with one attached hydrogen (secondary N) is 1. The van der Waals surface area contributed by atoms with E-state index < -0.39 is 16.1 Å². The van der Waals surface area contributed by atoms with Crippen LogP contribution in [-0.4, -0.2) is 46.9 Å². The van der Waals surface area contributed by atoms with Gasteiger partial charge in [-0.15, -0.1) is 0 Å². The highest BCUT2D eigenvalue weighted by Gasteiger charge is 2.32. The number of hydrogen-bond donors (Lipinski definition) is 1. The first-order chi connectivity index (χ1) is 11.5. The molecule has 1 aromatic rings. The average Bonchev–Trinajstić information content (AvgIpc) is 2.53. The van der Waals surface area contributed by atoms with Crippen LogP contribution in [0.1, 0.15) is 27.7 Å². The lowest BCUT2D eigenvalue weighted by Crippen LogP contribution is -2.50. The average molecular weight is 372 g/mol. The van der Waals surface area contributed by atoms with Gasteiger partial charge in [0, 0.05) is 12.1 Å². The molecule has 25 heavy (non-hydrogen) atoms. The van der Waals surface area contributed by atoms with Gasteiger partial charge in [-0.05, 0) is 31.9 Å². The van der Waals surface area contributed by atoms with Gasteiger partial charge in [0.05, 0.1) is 26.2 Å². The van der Waals surface area contributed by atoms with Gasteiger partial charge in [0.1, 0.15) is 17.5 Å². The van der Waals surface area contributed by atoms with E-state index in [1.165, 1.54) is 20.3 Å². The highest BCUT2D eigenvalue weighted by atomic mass is 32.2. The highest BCUT2D eigenvalue weighted by molar-refractivity contribution is 7.92. The van der Waals surface area contributed by atoms with Crippen molar-refractivity contribution in [3.8, 4) is 11.5 Å². The number of nitrogens with zero attached hydrogens (tertiary/aromatic N) is 1. The molecule has 1 aromatic carbocycles. The van der Waals surface area contributed by atoms with E-state index in [0.29, 0.717) is 11.5 Å². The van der Waals surface area contributed by atoms with E-state index >= 15 is 0 Å². The fourth-order valence-corrected chi connectivity index (χ4v) is 3.43. The predicted molar refractivity (Wildman–Crippen MR) is 98.8 cm³/mol. The number of hydrogen-bond acceptors (Lipinski definition) is 5. The van der Waals surface area contributed by atoms with Crippen molar-refractivity contribution in [3.05, 3.63) is 18.2 Å². The molecule has 0 aliphatic rings. The molecule has 1 N–H and O–H groups in total. The molecule has 8 heteroatoms. The third-order valence-corrected chi connectivity index (χ3v) is 5.31. The van der Waals surface area contributed by atoms with E-state index in [-0.39, 0.29) is 23.6 Å². The van der Waals surface area contributed by atoms with Crippen LogP contribution in [0.4, 0.5) is 5.69 Å². The van der Waals surface area contributed by atoms with E-state index in [4.69, 9.17) is 9.47 Å². The maximum atomic E-state index is 12.6. The van der Waals surface area contributed by atoms with Crippen molar-refractivity contribution in [2.75, 3.05) is 24.8 Å². The van der Waals surface area contributed by atoms with Crippen LogP contribution >= 0.6 is 0 Å². The molecule has 0 saturated carbocycles. The van der Waals surface area contributed by atoms with Crippen molar-refractivity contribution >= 4 is 21.6 Å². The zero-order valence-electron chi connectivity index (χ0n) is 15.9. The fraction of sp³-hybridized carbons (Fsp3) is 0.588. The molecule has 0 saturated heterocycles. The van der Waals surface area contributed by atoms with E-state index in [2.05, 4.69) is 5.32 Å². The molecule has 0 radical (unpaired) electrons. The lowest BCUT2D eigenvalue weighted by Gasteiger charge is -2.31. The predicted octanol–water partition coefficient (Wildman–Crippen LogP) is 2.02. The van der Waals surface area contributed by atoms with Gasteiger partial charge in [-0.3, -0.25) is 9.10 Å². The third-order valence-electron chi connectivity index (χ3n) is 4.08. The number of ether oxygens (including phenoxy) is 2. The van der Waals surface area contributed by atoms with E-state index in [1.54, 1.807) is 19.1 Å². The first-order valence-corrected chi connectivity index (χ1v) is 9.89. The highest BCUT2D eigenvalue weighted by Crippen LogP contribution is 2.35. The minimum absolute atomic E-state index is 0.0800. The Morgan fingerprint density at radius 3 is 2.16 bits per heavy atom. The van der Waals surface area contributed by atoms with Crippen molar-refractivity contribution in [2.45, 2.75) is 39.8 Å². The van der Waals surface area contributed by atoms with Crippen LogP contribution in [0, 0.1) is 5.92 Å². The Kier molecular flexibility index (Phi) is 7.10. The van der Waals surface area contributed by atoms with Gasteiger partial charge in [-0.2, -0.15) is 0 Å². The lowest BCUT2D eigenvalue weighted by atomic mass is 10.1. The Morgan fingerprint density at radius 2 is 1.72 bits per heavy atom. The topological polar surface area (TPSA) is 84.9 Å². The number of anilines is 1. The van der Waals surface area contributed by atoms with Crippen molar-refractivity contribution in [3.63, 3.8) is 0 Å². The quantitative estimate of drug-likeness (QED) is 0.755. The Balaban J connectivity index is 3.34. The summed E-state index contributed by atoms with van der Waals surface area (Å²) in [5.74, 6) is 0.654. The molecule has 1 amide bonds. The molecule has 142 valence electrons. The molecule has 0 aliphatic carbocycles. The van der Waals surface area contributed by atoms with E-state index in [9.17, 15) is 13.2 Å². The first-order valence-electron chi connectivity index (χ1n) is 8.04. The van der Waals surface area contributed by atoms with Gasteiger partial charge in [0.2, 0.25) is 15.9 Å². The molecule has 0 bridgehead atoms. The summed E-state index contributed by atoms with van der Waals surface area (Å²) in [7, 11) is -0.814. The van der Waals surface area contributed by atoms with Crippen LogP contribution in [0.3, 0.4) is 0 Å². The van der Waals surface area contributed by atoms with Crippen LogP contribution < -0.4 is 19.1 Å². The molecule has 0 heterocycles. The second-order valence-electron chi connectivity index (χ2n) is 6.31. The molecule has 1 rings (SSSR count). The smallest absolute Gasteiger partial charge is 0.243 e. The number of carbonyl (C=O) groups is 1. The number of benzene rings is 1. The van der Waals surface area contributed by atoms with Crippen molar-refractivity contribution in [1.29, 1.82) is 0 Å². The van der Waals surface area contributed by atoms with Gasteiger partial charge >= 0.3 is 0 Å². The van der Waals surface area contributed by atoms with Crippen molar-refractivity contribution < 1.29 is 22.7 Å². The second kappa shape index (κ2) is 8.42. The van der Waals surface area contributed by atoms with Gasteiger partial charge in [0.25, 0.3) is 0 Å². The second-order valence-corrected chi connectivity index (χ2v) is 8.17. The van der Waals surface area contributed by atoms with Crippen molar-refractivity contribution in [1.82, 2.24) is 5.32 Å². The fourth-order valence-electron chi connectivity index (χ4n) is 2.26. The van der Waals surface area contributed by atoms with Gasteiger partial charge < -0.3 is 14.8 Å². The Hall–Kier alpha value is -1.96. The third kappa shape index (κ3) is 5.26. The molecule has 0 fully saturated rings. The normalized spacial score (nSPS) is 13.9. The standard InChI is InChI=1S/C17H28N2O5S/c1-11(2)12(3)18-17(20)13(4)19(25(7,21)22)15-10-14(23-5)8-9-16(15)24-6/h8-13H,1-7H3,(H,18,20)/t12-,13-/m0/s1. The van der Waals surface area contributed by atoms with E-state index in [1.807, 2.05) is 20.8 Å². The lowest BCUT2D eigenvalue weighted by molar-refractivity contribution is -0.122. The minimum atomic E-state index is -3.74. The molecular weight excluding hydrogens is 344 g/mol. The largest absolute Gasteiger partial charge is 0.497 e. The molecular formula is C17H28N2O5S. The summed E-state index contributed by atoms with van der Waals surface area (Å²) in [6, 6.07) is 3.78. The number of methoxy groups -OCH3 is 2. The van der Waals surface area contributed by atoms with Gasteiger partial charge in [-0.25, -0.2) is 8.42 Å². The monoisotopic (exact) mass is 372 g/mol. The summed E-state index contributed by atoms with van der Waals surface area (Å²) in [6.07, 6.45) is 1.06. The molecule has 0 aliphatic heterocycles. The summed E-state index contributed by atoms with van der Waals surface area (Å²) in [6.45, 7) is 7.39. The summed E-state index contributed by atoms with van der Waals surface area (Å²) < 4.78 is 36.3. The molecule has 0 aromatic heterocycles. The van der Waals surface area contributed by atoms with Crippen LogP contribution in [0.15, 0.2) is 18.2 Å². The minimum Gasteiger partial charge on any atom is -0.497 e. The maximum Gasteiger partial charge on any atom is 0.243 e. The molecule has 0 spiro atoms. The van der Waals surface area contributed by atoms with Gasteiger partial charge in [0.15, 0.2) is 0 Å². The zero-order valence-corrected chi connectivity index (χ0v) is 16.7. The number of carbonyl (C=O) groups excluding carboxylic acids is 1. The number of sulfonamides is 1. The Labute approximate surface area is 150 Å². The van der Waals surface area contributed by atoms with Crippen molar-refractivity contribution in [2.24, 2.45) is 5.92 Å². The zero-order chi connectivity index (χ0) is 19.4. The molecule has 0 unspecified atom stereocenters. The van der Waals surface area contributed by atoms with Crippen LogP contribution in [0.2, 0.25) is 0 Å². The summed E-state index contributed by atoms with van der Waals surface area (Å²) in [5, 5.41) is 2.85. The maximum absolute atomic E-state index is 12.6. The Bertz CT molecular complexity index is 703. The number of amides is 1. The summed E-state index contributed by atoms with van der Waals surface area (Å²) in [5.41, 5.74) is 0.254. The molecule has 2 atom stereocenters. The van der Waals surface area contributed by atoms with Gasteiger partial charge in [-0.1, -0.05) is 13.8 Å². The van der Waals surface area contributed by atoms with Crippen LogP contribution in [-0.2, 0) is 14.8 Å². The van der Waals surface area contributed by atoms with E-state index in [0.717, 1.165) is 10.6 Å². The number of rotatable bonds is 8. The summed E-state index contributed by atoms with van der Waals surface area (Å²) in [4.78, 5) is 12.6. The first kappa shape index (κ1) is 21.1. The Morgan fingerprint density at radius 1 is 1.12 bits per heavy atom.